The Morgan fingerprint density at radius 1 is 1.05 bits per heavy atom. The minimum absolute atomic E-state index is 0.116. The fourth-order valence-electron chi connectivity index (χ4n) is 6.28. The van der Waals surface area contributed by atoms with Crippen molar-refractivity contribution in [3.63, 3.8) is 0 Å². The minimum Gasteiger partial charge on any atom is -0.395 e. The number of amides is 1. The van der Waals surface area contributed by atoms with Crippen molar-refractivity contribution < 1.29 is 23.1 Å². The van der Waals surface area contributed by atoms with Gasteiger partial charge in [0.05, 0.1) is 47.5 Å². The lowest BCUT2D eigenvalue weighted by Crippen LogP contribution is -2.41. The molecular weight excluding hydrogens is 554 g/mol. The maximum atomic E-state index is 13.9. The van der Waals surface area contributed by atoms with Gasteiger partial charge in [-0.25, -0.2) is 8.42 Å². The highest BCUT2D eigenvalue weighted by atomic mass is 32.2. The number of aromatic nitrogens is 1. The van der Waals surface area contributed by atoms with Crippen LogP contribution in [-0.4, -0.2) is 74.7 Å². The summed E-state index contributed by atoms with van der Waals surface area (Å²) in [4.78, 5) is 18.4. The van der Waals surface area contributed by atoms with Crippen LogP contribution in [-0.2, 0) is 21.8 Å². The van der Waals surface area contributed by atoms with Crippen LogP contribution < -0.4 is 19.8 Å². The number of sulfonamides is 1. The van der Waals surface area contributed by atoms with Crippen LogP contribution >= 0.6 is 0 Å². The van der Waals surface area contributed by atoms with Gasteiger partial charge < -0.3 is 29.5 Å². The molecule has 11 heteroatoms. The number of nitrogens with zero attached hydrogens (tertiary/aromatic N) is 3. The number of aliphatic hydroxyl groups is 1. The number of aliphatic hydroxyl groups excluding tert-OH is 1. The highest BCUT2D eigenvalue weighted by Crippen LogP contribution is 2.54. The molecule has 1 saturated carbocycles. The number of morpholine rings is 1. The Balaban J connectivity index is 1.32. The molecule has 2 aromatic carbocycles. The van der Waals surface area contributed by atoms with Crippen molar-refractivity contribution in [3.8, 4) is 0 Å². The fraction of sp³-hybridized carbons (Fsp3) is 0.516. The van der Waals surface area contributed by atoms with E-state index in [0.717, 1.165) is 55.6 Å². The average Bonchev–Trinajstić information content (AvgIpc) is 3.62. The summed E-state index contributed by atoms with van der Waals surface area (Å²) in [6.45, 7) is 6.88. The number of carbonyl (C=O) groups is 1. The molecule has 0 unspecified atom stereocenters. The van der Waals surface area contributed by atoms with E-state index >= 15 is 0 Å². The number of anilines is 4. The van der Waals surface area contributed by atoms with E-state index in [9.17, 15) is 18.3 Å². The smallest absolute Gasteiger partial charge is 0.257 e. The van der Waals surface area contributed by atoms with Gasteiger partial charge in [-0.3, -0.25) is 9.52 Å². The Bertz CT molecular complexity index is 1590. The van der Waals surface area contributed by atoms with Crippen LogP contribution in [0.1, 0.15) is 49.9 Å². The molecule has 10 nitrogen and oxygen atoms in total. The lowest BCUT2D eigenvalue weighted by molar-refractivity contribution is 0.0533. The molecule has 226 valence electrons. The molecule has 2 atom stereocenters. The van der Waals surface area contributed by atoms with Crippen molar-refractivity contribution in [1.29, 1.82) is 0 Å². The Labute approximate surface area is 247 Å². The topological polar surface area (TPSA) is 116 Å². The molecule has 2 aliphatic heterocycles. The number of nitrogens with one attached hydrogen (secondary N) is 2. The third-order valence-corrected chi connectivity index (χ3v) is 10.9. The summed E-state index contributed by atoms with van der Waals surface area (Å²) in [7, 11) is -1.74. The van der Waals surface area contributed by atoms with Crippen LogP contribution in [0.2, 0.25) is 0 Å². The molecule has 3 N–H and O–H groups in total. The highest BCUT2D eigenvalue weighted by molar-refractivity contribution is 7.93. The van der Waals surface area contributed by atoms with Crippen LogP contribution in [0, 0.1) is 5.41 Å². The van der Waals surface area contributed by atoms with Crippen LogP contribution in [0.5, 0.6) is 0 Å². The van der Waals surface area contributed by atoms with Crippen molar-refractivity contribution >= 4 is 49.6 Å². The van der Waals surface area contributed by atoms with Crippen molar-refractivity contribution in [2.24, 2.45) is 12.5 Å². The summed E-state index contributed by atoms with van der Waals surface area (Å²) in [6, 6.07) is 11.2. The zero-order valence-corrected chi connectivity index (χ0v) is 25.4. The lowest BCUT2D eigenvalue weighted by atomic mass is 9.93. The quantitative estimate of drug-likeness (QED) is 0.358. The fourth-order valence-corrected chi connectivity index (χ4v) is 7.13. The van der Waals surface area contributed by atoms with Gasteiger partial charge in [0.1, 0.15) is 5.25 Å². The molecule has 0 radical (unpaired) electrons. The second-order valence-electron chi connectivity index (χ2n) is 12.3. The van der Waals surface area contributed by atoms with Crippen LogP contribution in [0.3, 0.4) is 0 Å². The molecule has 3 aromatic rings. The zero-order chi connectivity index (χ0) is 29.6. The van der Waals surface area contributed by atoms with Gasteiger partial charge in [0.2, 0.25) is 10.0 Å². The van der Waals surface area contributed by atoms with Gasteiger partial charge in [-0.05, 0) is 81.3 Å². The number of piperidine rings is 1. The van der Waals surface area contributed by atoms with Crippen LogP contribution in [0.4, 0.5) is 22.7 Å². The van der Waals surface area contributed by atoms with Crippen molar-refractivity contribution in [3.05, 3.63) is 48.2 Å². The van der Waals surface area contributed by atoms with E-state index in [0.29, 0.717) is 34.6 Å². The number of ether oxygens (including phenoxy) is 1. The summed E-state index contributed by atoms with van der Waals surface area (Å²) in [5.41, 5.74) is 4.90. The SMILES string of the molecule is C[C@@H]1CN(c2cc(NC(=O)c3ccc(NS(=O)(=O)[C@@H](C)CO)cc3N3CCC4(CC3)CC4)cc3ccn(C)c23)CCO1. The van der Waals surface area contributed by atoms with Gasteiger partial charge in [0.15, 0.2) is 0 Å². The van der Waals surface area contributed by atoms with Crippen LogP contribution in [0.15, 0.2) is 42.6 Å². The highest BCUT2D eigenvalue weighted by Gasteiger charge is 2.44. The van der Waals surface area contributed by atoms with Gasteiger partial charge in [0.25, 0.3) is 5.91 Å². The predicted molar refractivity (Wildman–Crippen MR) is 167 cm³/mol. The number of rotatable bonds is 8. The van der Waals surface area contributed by atoms with Gasteiger partial charge in [-0.1, -0.05) is 0 Å². The summed E-state index contributed by atoms with van der Waals surface area (Å²) >= 11 is 0. The number of benzene rings is 2. The molecule has 1 amide bonds. The molecule has 3 aliphatic rings. The number of aryl methyl sites for hydroxylation is 1. The Hall–Kier alpha value is -3.28. The first-order valence-corrected chi connectivity index (χ1v) is 16.4. The molecule has 1 spiro atoms. The molecule has 1 aromatic heterocycles. The van der Waals surface area contributed by atoms with Crippen molar-refractivity contribution in [1.82, 2.24) is 4.57 Å². The summed E-state index contributed by atoms with van der Waals surface area (Å²) in [6.07, 6.45) is 6.81. The summed E-state index contributed by atoms with van der Waals surface area (Å²) in [5.74, 6) is -0.244. The second kappa shape index (κ2) is 11.1. The van der Waals surface area contributed by atoms with Gasteiger partial charge in [-0.15, -0.1) is 0 Å². The Morgan fingerprint density at radius 3 is 2.48 bits per heavy atom. The largest absolute Gasteiger partial charge is 0.395 e. The van der Waals surface area contributed by atoms with Crippen molar-refractivity contribution in [2.45, 2.75) is 50.9 Å². The molecule has 3 heterocycles. The maximum Gasteiger partial charge on any atom is 0.257 e. The van der Waals surface area contributed by atoms with Crippen LogP contribution in [0.25, 0.3) is 10.9 Å². The molecule has 2 saturated heterocycles. The minimum atomic E-state index is -3.77. The van der Waals surface area contributed by atoms with Crippen molar-refractivity contribution in [2.75, 3.05) is 59.2 Å². The molecule has 0 bridgehead atoms. The third-order valence-electron chi connectivity index (χ3n) is 9.20. The molecule has 6 rings (SSSR count). The number of carbonyl (C=O) groups excluding carboxylic acids is 1. The number of hydrogen-bond donors (Lipinski definition) is 3. The molecule has 1 aliphatic carbocycles. The van der Waals surface area contributed by atoms with E-state index in [-0.39, 0.29) is 12.0 Å². The first-order valence-electron chi connectivity index (χ1n) is 14.9. The molecule has 42 heavy (non-hydrogen) atoms. The molecule has 3 fully saturated rings. The second-order valence-corrected chi connectivity index (χ2v) is 14.4. The Kier molecular flexibility index (Phi) is 7.61. The van der Waals surface area contributed by atoms with Gasteiger partial charge in [0, 0.05) is 50.5 Å². The maximum absolute atomic E-state index is 13.9. The number of hydrogen-bond acceptors (Lipinski definition) is 7. The lowest BCUT2D eigenvalue weighted by Gasteiger charge is -2.35. The Morgan fingerprint density at radius 2 is 1.79 bits per heavy atom. The summed E-state index contributed by atoms with van der Waals surface area (Å²) < 4.78 is 35.9. The van der Waals surface area contributed by atoms with Gasteiger partial charge in [-0.2, -0.15) is 0 Å². The van der Waals surface area contributed by atoms with Gasteiger partial charge >= 0.3 is 0 Å². The number of fused-ring (bicyclic) bond motifs is 1. The summed E-state index contributed by atoms with van der Waals surface area (Å²) in [5, 5.41) is 12.6. The monoisotopic (exact) mass is 595 g/mol. The van der Waals surface area contributed by atoms with E-state index in [1.165, 1.54) is 19.8 Å². The first-order chi connectivity index (χ1) is 20.1. The van der Waals surface area contributed by atoms with E-state index < -0.39 is 21.9 Å². The van der Waals surface area contributed by atoms with E-state index in [2.05, 4.69) is 37.4 Å². The molecular formula is C31H41N5O5S. The normalized spacial score (nSPS) is 21.0. The van der Waals surface area contributed by atoms with E-state index in [1.807, 2.05) is 25.4 Å². The standard InChI is InChI=1S/C31H41N5O5S/c1-21-19-36(14-15-41-21)28-18-25(16-23-6-11-34(3)29(23)28)32-30(38)26-5-4-24(33-42(39,40)22(2)20-37)17-27(26)35-12-9-31(7-8-31)10-13-35/h4-6,11,16-18,21-22,33,37H,7-10,12-15,19-20H2,1-3H3,(H,32,38)/t21-,22+/m1/s1. The average molecular weight is 596 g/mol. The first kappa shape index (κ1) is 28.8. The zero-order valence-electron chi connectivity index (χ0n) is 24.6. The van der Waals surface area contributed by atoms with E-state index in [4.69, 9.17) is 4.74 Å². The van der Waals surface area contributed by atoms with E-state index in [1.54, 1.807) is 18.2 Å². The third kappa shape index (κ3) is 5.69. The predicted octanol–water partition coefficient (Wildman–Crippen LogP) is 4.16.